The zero-order valence-electron chi connectivity index (χ0n) is 17.4. The maximum absolute atomic E-state index is 12.6. The summed E-state index contributed by atoms with van der Waals surface area (Å²) in [7, 11) is -3.99. The highest BCUT2D eigenvalue weighted by Crippen LogP contribution is 2.27. The second-order valence-corrected chi connectivity index (χ2v) is 9.27. The summed E-state index contributed by atoms with van der Waals surface area (Å²) >= 11 is 5.95. The number of sulfonamides is 1. The molecule has 32 heavy (non-hydrogen) atoms. The van der Waals surface area contributed by atoms with Gasteiger partial charge in [0.1, 0.15) is 6.04 Å². The van der Waals surface area contributed by atoms with Gasteiger partial charge in [-0.05, 0) is 31.0 Å². The van der Waals surface area contributed by atoms with Gasteiger partial charge in [-0.15, -0.1) is 0 Å². The van der Waals surface area contributed by atoms with Gasteiger partial charge in [0.25, 0.3) is 11.6 Å². The smallest absolute Gasteiger partial charge is 0.325 e. The molecule has 2 rings (SSSR count). The lowest BCUT2D eigenvalue weighted by molar-refractivity contribution is -0.384. The number of nitrogens with zero attached hydrogens (tertiary/aromatic N) is 1. The van der Waals surface area contributed by atoms with Crippen LogP contribution in [0.3, 0.4) is 0 Å². The van der Waals surface area contributed by atoms with Gasteiger partial charge in [-0.1, -0.05) is 43.6 Å². The van der Waals surface area contributed by atoms with Gasteiger partial charge >= 0.3 is 5.97 Å². The molecule has 2 atom stereocenters. The number of anilines is 1. The van der Waals surface area contributed by atoms with Crippen LogP contribution in [0.2, 0.25) is 5.02 Å². The number of hydrogen-bond acceptors (Lipinski definition) is 7. The maximum atomic E-state index is 12.6. The van der Waals surface area contributed by atoms with Crippen LogP contribution in [-0.4, -0.2) is 37.4 Å². The van der Waals surface area contributed by atoms with Crippen molar-refractivity contribution in [2.24, 2.45) is 5.92 Å². The molecule has 0 bridgehead atoms. The maximum Gasteiger partial charge on any atom is 0.325 e. The molecule has 0 fully saturated rings. The predicted molar refractivity (Wildman–Crippen MR) is 118 cm³/mol. The zero-order valence-corrected chi connectivity index (χ0v) is 19.0. The number of amides is 1. The number of non-ortho nitro benzene ring substituents is 1. The number of nitro benzene ring substituents is 1. The van der Waals surface area contributed by atoms with Gasteiger partial charge in [-0.3, -0.25) is 19.7 Å². The molecule has 12 heteroatoms. The van der Waals surface area contributed by atoms with Crippen molar-refractivity contribution < 1.29 is 27.7 Å². The average molecular weight is 484 g/mol. The van der Waals surface area contributed by atoms with E-state index >= 15 is 0 Å². The molecule has 2 aromatic rings. The van der Waals surface area contributed by atoms with Crippen LogP contribution in [0.25, 0.3) is 0 Å². The first-order valence-electron chi connectivity index (χ1n) is 9.45. The Morgan fingerprint density at radius 3 is 2.25 bits per heavy atom. The van der Waals surface area contributed by atoms with Gasteiger partial charge < -0.3 is 10.1 Å². The van der Waals surface area contributed by atoms with E-state index in [0.717, 1.165) is 12.1 Å². The van der Waals surface area contributed by atoms with Crippen molar-refractivity contribution in [2.75, 3.05) is 5.32 Å². The van der Waals surface area contributed by atoms with Crippen molar-refractivity contribution in [3.63, 3.8) is 0 Å². The Labute approximate surface area is 190 Å². The lowest BCUT2D eigenvalue weighted by atomic mass is 10.1. The SMILES string of the molecule is CC(C)[C@H](NS(=O)(=O)c1ccccc1)C(=O)O[C@H](C)C(=O)Nc1ccc([N+](=O)[O-])cc1Cl. The molecular formula is C20H22ClN3O7S. The van der Waals surface area contributed by atoms with Crippen molar-refractivity contribution >= 4 is 44.9 Å². The number of carbonyl (C=O) groups excluding carboxylic acids is 2. The van der Waals surface area contributed by atoms with Crippen LogP contribution in [0.4, 0.5) is 11.4 Å². The number of ether oxygens (including phenoxy) is 1. The van der Waals surface area contributed by atoms with Gasteiger partial charge in [0, 0.05) is 12.1 Å². The number of carbonyl (C=O) groups is 2. The highest BCUT2D eigenvalue weighted by atomic mass is 35.5. The summed E-state index contributed by atoms with van der Waals surface area (Å²) in [6.45, 7) is 4.55. The molecular weight excluding hydrogens is 462 g/mol. The van der Waals surface area contributed by atoms with Crippen LogP contribution in [0, 0.1) is 16.0 Å². The largest absolute Gasteiger partial charge is 0.451 e. The van der Waals surface area contributed by atoms with Crippen LogP contribution in [0.1, 0.15) is 20.8 Å². The van der Waals surface area contributed by atoms with Crippen LogP contribution in [-0.2, 0) is 24.3 Å². The normalized spacial score (nSPS) is 13.3. The fourth-order valence-electron chi connectivity index (χ4n) is 2.55. The second-order valence-electron chi connectivity index (χ2n) is 7.15. The first kappa shape index (κ1) is 25.2. The Hall–Kier alpha value is -3.02. The predicted octanol–water partition coefficient (Wildman–Crippen LogP) is 3.12. The Kier molecular flexibility index (Phi) is 8.31. The number of hydrogen-bond donors (Lipinski definition) is 2. The van der Waals surface area contributed by atoms with E-state index in [1.807, 2.05) is 0 Å². The van der Waals surface area contributed by atoms with E-state index in [9.17, 15) is 28.1 Å². The standard InChI is InChI=1S/C20H22ClN3O7S/c1-12(2)18(23-32(29,30)15-7-5-4-6-8-15)20(26)31-13(3)19(25)22-17-10-9-14(24(27)28)11-16(17)21/h4-13,18,23H,1-3H3,(H,22,25)/t13-,18+/m1/s1. The fourth-order valence-corrected chi connectivity index (χ4v) is 4.12. The van der Waals surface area contributed by atoms with Crippen molar-refractivity contribution in [1.29, 1.82) is 0 Å². The van der Waals surface area contributed by atoms with Crippen LogP contribution >= 0.6 is 11.6 Å². The molecule has 2 aromatic carbocycles. The topological polar surface area (TPSA) is 145 Å². The molecule has 0 unspecified atom stereocenters. The summed E-state index contributed by atoms with van der Waals surface area (Å²) in [5, 5.41) is 13.1. The zero-order chi connectivity index (χ0) is 24.1. The van der Waals surface area contributed by atoms with Crippen molar-refractivity contribution in [3.8, 4) is 0 Å². The lowest BCUT2D eigenvalue weighted by Crippen LogP contribution is -2.47. The number of nitrogens with one attached hydrogen (secondary N) is 2. The Morgan fingerprint density at radius 2 is 1.72 bits per heavy atom. The molecule has 2 N–H and O–H groups in total. The fraction of sp³-hybridized carbons (Fsp3) is 0.300. The van der Waals surface area contributed by atoms with Gasteiger partial charge in [0.15, 0.2) is 6.10 Å². The number of esters is 1. The number of benzene rings is 2. The van der Waals surface area contributed by atoms with Gasteiger partial charge in [-0.25, -0.2) is 8.42 Å². The minimum atomic E-state index is -3.99. The quantitative estimate of drug-likeness (QED) is 0.316. The molecule has 0 aliphatic rings. The molecule has 0 spiro atoms. The first-order valence-corrected chi connectivity index (χ1v) is 11.3. The lowest BCUT2D eigenvalue weighted by Gasteiger charge is -2.23. The average Bonchev–Trinajstić information content (AvgIpc) is 2.73. The molecule has 0 saturated carbocycles. The molecule has 10 nitrogen and oxygen atoms in total. The molecule has 0 saturated heterocycles. The van der Waals surface area contributed by atoms with E-state index in [1.54, 1.807) is 32.0 Å². The van der Waals surface area contributed by atoms with E-state index in [-0.39, 0.29) is 21.3 Å². The summed E-state index contributed by atoms with van der Waals surface area (Å²) < 4.78 is 32.6. The summed E-state index contributed by atoms with van der Waals surface area (Å²) in [5.41, 5.74) is -0.159. The van der Waals surface area contributed by atoms with Crippen LogP contribution < -0.4 is 10.0 Å². The summed E-state index contributed by atoms with van der Waals surface area (Å²) in [6.07, 6.45) is -1.30. The monoisotopic (exact) mass is 483 g/mol. The van der Waals surface area contributed by atoms with E-state index in [1.165, 1.54) is 25.1 Å². The van der Waals surface area contributed by atoms with Crippen LogP contribution in [0.15, 0.2) is 53.4 Å². The third kappa shape index (κ3) is 6.49. The highest BCUT2D eigenvalue weighted by molar-refractivity contribution is 7.89. The van der Waals surface area contributed by atoms with Crippen molar-refractivity contribution in [3.05, 3.63) is 63.7 Å². The van der Waals surface area contributed by atoms with Crippen molar-refractivity contribution in [1.82, 2.24) is 4.72 Å². The second kappa shape index (κ2) is 10.5. The Morgan fingerprint density at radius 1 is 1.09 bits per heavy atom. The van der Waals surface area contributed by atoms with E-state index < -0.39 is 44.9 Å². The number of nitro groups is 1. The number of halogens is 1. The van der Waals surface area contributed by atoms with Gasteiger partial charge in [0.2, 0.25) is 10.0 Å². The van der Waals surface area contributed by atoms with Gasteiger partial charge in [-0.2, -0.15) is 4.72 Å². The van der Waals surface area contributed by atoms with Crippen LogP contribution in [0.5, 0.6) is 0 Å². The molecule has 172 valence electrons. The summed E-state index contributed by atoms with van der Waals surface area (Å²) in [5.74, 6) is -2.15. The third-order valence-corrected chi connectivity index (χ3v) is 6.11. The number of rotatable bonds is 9. The minimum Gasteiger partial charge on any atom is -0.451 e. The molecule has 1 amide bonds. The molecule has 0 heterocycles. The minimum absolute atomic E-state index is 0.0166. The summed E-state index contributed by atoms with van der Waals surface area (Å²) in [6, 6.07) is 9.76. The summed E-state index contributed by atoms with van der Waals surface area (Å²) in [4.78, 5) is 35.1. The molecule has 0 aliphatic carbocycles. The van der Waals surface area contributed by atoms with Crippen molar-refractivity contribution in [2.45, 2.75) is 37.8 Å². The van der Waals surface area contributed by atoms with E-state index in [4.69, 9.17) is 16.3 Å². The molecule has 0 aliphatic heterocycles. The first-order chi connectivity index (χ1) is 14.9. The third-order valence-electron chi connectivity index (χ3n) is 4.34. The molecule has 0 radical (unpaired) electrons. The van der Waals surface area contributed by atoms with Gasteiger partial charge in [0.05, 0.1) is 20.5 Å². The van der Waals surface area contributed by atoms with E-state index in [0.29, 0.717) is 0 Å². The Balaban J connectivity index is 2.08. The Bertz CT molecular complexity index is 1110. The molecule has 0 aromatic heterocycles. The van der Waals surface area contributed by atoms with E-state index in [2.05, 4.69) is 10.0 Å². The highest BCUT2D eigenvalue weighted by Gasteiger charge is 2.32.